The van der Waals surface area contributed by atoms with Gasteiger partial charge in [-0.2, -0.15) is 0 Å². The number of fused-ring (bicyclic) bond motifs is 1. The van der Waals surface area contributed by atoms with Crippen LogP contribution in [0.15, 0.2) is 36.5 Å². The van der Waals surface area contributed by atoms with Gasteiger partial charge in [0.1, 0.15) is 11.3 Å². The van der Waals surface area contributed by atoms with Crippen molar-refractivity contribution in [1.82, 2.24) is 14.5 Å². The normalized spacial score (nSPS) is 11.1. The van der Waals surface area contributed by atoms with Crippen LogP contribution in [0.4, 0.5) is 0 Å². The van der Waals surface area contributed by atoms with Gasteiger partial charge in [-0.1, -0.05) is 6.07 Å². The van der Waals surface area contributed by atoms with Crippen LogP contribution in [0, 0.1) is 13.8 Å². The number of halogens is 1. The fourth-order valence-corrected chi connectivity index (χ4v) is 2.58. The minimum Gasteiger partial charge on any atom is -0.280 e. The minimum atomic E-state index is 0.364. The largest absolute Gasteiger partial charge is 0.280 e. The Hall–Kier alpha value is -1.87. The second-order valence-electron chi connectivity index (χ2n) is 4.69. The third kappa shape index (κ3) is 2.10. The monoisotopic (exact) mass is 271 g/mol. The molecule has 96 valence electrons. The van der Waals surface area contributed by atoms with E-state index in [-0.39, 0.29) is 0 Å². The third-order valence-corrected chi connectivity index (χ3v) is 3.31. The van der Waals surface area contributed by atoms with E-state index >= 15 is 0 Å². The summed E-state index contributed by atoms with van der Waals surface area (Å²) in [6.45, 7) is 4.17. The maximum absolute atomic E-state index is 6.02. The summed E-state index contributed by atoms with van der Waals surface area (Å²) in [5.41, 5.74) is 5.22. The van der Waals surface area contributed by atoms with Gasteiger partial charge in [-0.15, -0.1) is 11.6 Å². The van der Waals surface area contributed by atoms with Crippen LogP contribution in [-0.2, 0) is 5.88 Å². The molecule has 0 N–H and O–H groups in total. The highest BCUT2D eigenvalue weighted by Crippen LogP contribution is 2.22. The summed E-state index contributed by atoms with van der Waals surface area (Å²) in [7, 11) is 0. The lowest BCUT2D eigenvalue weighted by atomic mass is 10.1. The van der Waals surface area contributed by atoms with Crippen LogP contribution in [0.3, 0.4) is 0 Å². The second-order valence-corrected chi connectivity index (χ2v) is 4.96. The summed E-state index contributed by atoms with van der Waals surface area (Å²) < 4.78 is 2.03. The molecule has 3 nitrogen and oxygen atoms in total. The Balaban J connectivity index is 2.34. The molecule has 0 saturated heterocycles. The Morgan fingerprint density at radius 2 is 1.89 bits per heavy atom. The van der Waals surface area contributed by atoms with Crippen molar-refractivity contribution in [3.05, 3.63) is 53.5 Å². The molecule has 0 radical (unpaired) electrons. The molecule has 0 aliphatic rings. The number of aryl methyl sites for hydroxylation is 2. The van der Waals surface area contributed by atoms with E-state index in [1.165, 1.54) is 11.1 Å². The lowest BCUT2D eigenvalue weighted by Gasteiger charge is -2.09. The highest BCUT2D eigenvalue weighted by molar-refractivity contribution is 6.16. The van der Waals surface area contributed by atoms with Gasteiger partial charge >= 0.3 is 0 Å². The molecule has 0 fully saturated rings. The summed E-state index contributed by atoms with van der Waals surface area (Å²) in [5, 5.41) is 0. The lowest BCUT2D eigenvalue weighted by Crippen LogP contribution is -2.01. The number of hydrogen-bond acceptors (Lipinski definition) is 2. The quantitative estimate of drug-likeness (QED) is 0.664. The summed E-state index contributed by atoms with van der Waals surface area (Å²) in [6, 6.07) is 10.2. The van der Waals surface area contributed by atoms with Crippen molar-refractivity contribution in [2.24, 2.45) is 0 Å². The first-order chi connectivity index (χ1) is 9.19. The molecule has 3 rings (SSSR count). The average Bonchev–Trinajstić information content (AvgIpc) is 2.75. The molecule has 0 amide bonds. The molecule has 0 atom stereocenters. The zero-order valence-electron chi connectivity index (χ0n) is 10.9. The van der Waals surface area contributed by atoms with Crippen LogP contribution in [0.2, 0.25) is 0 Å². The Morgan fingerprint density at radius 1 is 1.16 bits per heavy atom. The van der Waals surface area contributed by atoms with Crippen molar-refractivity contribution in [3.8, 4) is 5.69 Å². The van der Waals surface area contributed by atoms with Gasteiger partial charge in [-0.05, 0) is 49.2 Å². The molecule has 0 saturated carbocycles. The summed E-state index contributed by atoms with van der Waals surface area (Å²) >= 11 is 6.02. The fourth-order valence-electron chi connectivity index (χ4n) is 2.40. The molecule has 0 unspecified atom stereocenters. The van der Waals surface area contributed by atoms with Gasteiger partial charge in [0.2, 0.25) is 0 Å². The van der Waals surface area contributed by atoms with Crippen molar-refractivity contribution in [2.45, 2.75) is 19.7 Å². The molecular weight excluding hydrogens is 258 g/mol. The summed E-state index contributed by atoms with van der Waals surface area (Å²) in [5.74, 6) is 1.18. The Morgan fingerprint density at radius 3 is 2.58 bits per heavy atom. The predicted octanol–water partition coefficient (Wildman–Crippen LogP) is 3.78. The van der Waals surface area contributed by atoms with Crippen LogP contribution in [0.25, 0.3) is 16.9 Å². The van der Waals surface area contributed by atoms with Crippen molar-refractivity contribution >= 4 is 22.8 Å². The number of alkyl halides is 1. The first-order valence-electron chi connectivity index (χ1n) is 6.16. The van der Waals surface area contributed by atoms with Gasteiger partial charge in [0.25, 0.3) is 0 Å². The summed E-state index contributed by atoms with van der Waals surface area (Å²) in [6.07, 6.45) is 1.78. The van der Waals surface area contributed by atoms with Crippen molar-refractivity contribution in [1.29, 1.82) is 0 Å². The third-order valence-electron chi connectivity index (χ3n) is 3.07. The second kappa shape index (κ2) is 4.67. The zero-order chi connectivity index (χ0) is 13.4. The van der Waals surface area contributed by atoms with Gasteiger partial charge in [-0.25, -0.2) is 9.97 Å². The van der Waals surface area contributed by atoms with E-state index in [0.717, 1.165) is 22.7 Å². The molecule has 19 heavy (non-hydrogen) atoms. The topological polar surface area (TPSA) is 30.7 Å². The SMILES string of the molecule is Cc1cc(C)cc(-n2c(CCl)nc3cccnc32)c1. The number of rotatable bonds is 2. The number of pyridine rings is 1. The Kier molecular flexibility index (Phi) is 2.99. The molecule has 2 aromatic heterocycles. The Bertz CT molecular complexity index is 726. The minimum absolute atomic E-state index is 0.364. The van der Waals surface area contributed by atoms with Crippen LogP contribution in [-0.4, -0.2) is 14.5 Å². The number of imidazole rings is 1. The summed E-state index contributed by atoms with van der Waals surface area (Å²) in [4.78, 5) is 8.96. The van der Waals surface area contributed by atoms with E-state index in [0.29, 0.717) is 5.88 Å². The average molecular weight is 272 g/mol. The smallest absolute Gasteiger partial charge is 0.164 e. The van der Waals surface area contributed by atoms with Crippen molar-refractivity contribution < 1.29 is 0 Å². The van der Waals surface area contributed by atoms with Crippen LogP contribution >= 0.6 is 11.6 Å². The number of aromatic nitrogens is 3. The molecule has 0 bridgehead atoms. The number of nitrogens with zero attached hydrogens (tertiary/aromatic N) is 3. The highest BCUT2D eigenvalue weighted by atomic mass is 35.5. The van der Waals surface area contributed by atoms with Gasteiger partial charge < -0.3 is 0 Å². The molecule has 1 aromatic carbocycles. The van der Waals surface area contributed by atoms with Crippen LogP contribution in [0.5, 0.6) is 0 Å². The fraction of sp³-hybridized carbons (Fsp3) is 0.200. The first kappa shape index (κ1) is 12.2. The highest BCUT2D eigenvalue weighted by Gasteiger charge is 2.12. The maximum atomic E-state index is 6.02. The maximum Gasteiger partial charge on any atom is 0.164 e. The lowest BCUT2D eigenvalue weighted by molar-refractivity contribution is 0.966. The van der Waals surface area contributed by atoms with E-state index < -0.39 is 0 Å². The molecule has 0 spiro atoms. The molecule has 4 heteroatoms. The van der Waals surface area contributed by atoms with E-state index in [1.807, 2.05) is 16.7 Å². The van der Waals surface area contributed by atoms with Crippen LogP contribution in [0.1, 0.15) is 17.0 Å². The Labute approximate surface area is 116 Å². The standard InChI is InChI=1S/C15H14ClN3/c1-10-6-11(2)8-12(7-10)19-14(9-16)18-13-4-3-5-17-15(13)19/h3-8H,9H2,1-2H3. The van der Waals surface area contributed by atoms with Gasteiger partial charge in [-0.3, -0.25) is 4.57 Å². The predicted molar refractivity (Wildman–Crippen MR) is 77.9 cm³/mol. The van der Waals surface area contributed by atoms with E-state index in [4.69, 9.17) is 11.6 Å². The van der Waals surface area contributed by atoms with E-state index in [2.05, 4.69) is 42.0 Å². The number of hydrogen-bond donors (Lipinski definition) is 0. The zero-order valence-corrected chi connectivity index (χ0v) is 11.6. The number of benzene rings is 1. The molecule has 3 aromatic rings. The van der Waals surface area contributed by atoms with Crippen molar-refractivity contribution in [2.75, 3.05) is 0 Å². The first-order valence-corrected chi connectivity index (χ1v) is 6.69. The molecule has 0 aliphatic heterocycles. The molecule has 2 heterocycles. The van der Waals surface area contributed by atoms with Gasteiger partial charge in [0.05, 0.1) is 5.88 Å². The molecular formula is C15H14ClN3. The van der Waals surface area contributed by atoms with E-state index in [1.54, 1.807) is 6.20 Å². The van der Waals surface area contributed by atoms with Crippen molar-refractivity contribution in [3.63, 3.8) is 0 Å². The molecule has 0 aliphatic carbocycles. The van der Waals surface area contributed by atoms with Gasteiger partial charge in [0.15, 0.2) is 5.65 Å². The van der Waals surface area contributed by atoms with Gasteiger partial charge in [0, 0.05) is 11.9 Å². The van der Waals surface area contributed by atoms with Crippen LogP contribution < -0.4 is 0 Å². The van der Waals surface area contributed by atoms with E-state index in [9.17, 15) is 0 Å².